The van der Waals surface area contributed by atoms with Crippen LogP contribution in [0.2, 0.25) is 10.0 Å². The number of hydrogen-bond acceptors (Lipinski definition) is 6. The van der Waals surface area contributed by atoms with Crippen LogP contribution < -0.4 is 10.6 Å². The number of carbonyl (C=O) groups is 2. The Morgan fingerprint density at radius 3 is 2.51 bits per heavy atom. The number of thioether (sulfide) groups is 1. The van der Waals surface area contributed by atoms with Crippen LogP contribution in [-0.2, 0) is 17.5 Å². The van der Waals surface area contributed by atoms with Gasteiger partial charge in [-0.25, -0.2) is 0 Å². The number of amides is 2. The van der Waals surface area contributed by atoms with E-state index in [1.165, 1.54) is 29.5 Å². The summed E-state index contributed by atoms with van der Waals surface area (Å²) in [5, 5.41) is 15.9. The van der Waals surface area contributed by atoms with Crippen molar-refractivity contribution < 1.29 is 22.8 Å². The topological polar surface area (TPSA) is 88.9 Å². The molecule has 192 valence electrons. The van der Waals surface area contributed by atoms with Gasteiger partial charge in [0.05, 0.1) is 44.2 Å². The number of hydrogen-bond donors (Lipinski definition) is 2. The molecule has 0 saturated heterocycles. The quantitative estimate of drug-likeness (QED) is 0.236. The molecule has 2 N–H and O–H groups in total. The molecule has 0 bridgehead atoms. The van der Waals surface area contributed by atoms with E-state index in [0.29, 0.717) is 21.4 Å². The van der Waals surface area contributed by atoms with Crippen molar-refractivity contribution in [3.63, 3.8) is 0 Å². The van der Waals surface area contributed by atoms with Crippen molar-refractivity contribution in [1.29, 1.82) is 0 Å². The van der Waals surface area contributed by atoms with E-state index >= 15 is 0 Å². The van der Waals surface area contributed by atoms with Gasteiger partial charge in [-0.3, -0.25) is 14.2 Å². The van der Waals surface area contributed by atoms with Crippen molar-refractivity contribution in [1.82, 2.24) is 20.1 Å². The lowest BCUT2D eigenvalue weighted by Crippen LogP contribution is -2.24. The van der Waals surface area contributed by atoms with Crippen molar-refractivity contribution in [2.24, 2.45) is 0 Å². The van der Waals surface area contributed by atoms with Gasteiger partial charge in [0.25, 0.3) is 5.91 Å². The number of para-hydroxylation sites is 1. The highest BCUT2D eigenvalue weighted by Gasteiger charge is 2.33. The van der Waals surface area contributed by atoms with Crippen molar-refractivity contribution in [3.05, 3.63) is 86.3 Å². The van der Waals surface area contributed by atoms with E-state index in [-0.39, 0.29) is 34.1 Å². The molecule has 4 rings (SSSR count). The van der Waals surface area contributed by atoms with E-state index in [1.807, 2.05) is 0 Å². The van der Waals surface area contributed by atoms with Crippen LogP contribution in [-0.4, -0.2) is 32.3 Å². The minimum absolute atomic E-state index is 0.00962. The maximum absolute atomic E-state index is 13.2. The van der Waals surface area contributed by atoms with Crippen molar-refractivity contribution >= 4 is 63.8 Å². The van der Waals surface area contributed by atoms with E-state index in [0.717, 1.165) is 17.8 Å². The normalized spacial score (nSPS) is 11.4. The Morgan fingerprint density at radius 2 is 1.81 bits per heavy atom. The zero-order valence-electron chi connectivity index (χ0n) is 18.6. The maximum atomic E-state index is 13.2. The first-order valence-electron chi connectivity index (χ1n) is 10.4. The summed E-state index contributed by atoms with van der Waals surface area (Å²) in [6.07, 6.45) is -4.62. The molecule has 7 nitrogen and oxygen atoms in total. The number of halogens is 5. The number of rotatable bonds is 8. The highest BCUT2D eigenvalue weighted by atomic mass is 35.5. The van der Waals surface area contributed by atoms with Gasteiger partial charge in [-0.2, -0.15) is 13.2 Å². The fourth-order valence-corrected chi connectivity index (χ4v) is 4.90. The lowest BCUT2D eigenvalue weighted by molar-refractivity contribution is -0.137. The predicted molar refractivity (Wildman–Crippen MR) is 138 cm³/mol. The van der Waals surface area contributed by atoms with Gasteiger partial charge in [0, 0.05) is 0 Å². The Bertz CT molecular complexity index is 1430. The third-order valence-corrected chi connectivity index (χ3v) is 7.39. The monoisotopic (exact) mass is 585 g/mol. The van der Waals surface area contributed by atoms with Gasteiger partial charge < -0.3 is 10.6 Å². The highest BCUT2D eigenvalue weighted by molar-refractivity contribution is 7.99. The molecule has 37 heavy (non-hydrogen) atoms. The SMILES string of the molecule is O=C(CSc1nnc(CNC(=O)c2cccs2)n1-c1ccc(Cl)c(Cl)c1)Nc1ccccc1C(F)(F)F. The van der Waals surface area contributed by atoms with Crippen LogP contribution in [0, 0.1) is 0 Å². The Kier molecular flexibility index (Phi) is 8.42. The van der Waals surface area contributed by atoms with Crippen LogP contribution in [0.3, 0.4) is 0 Å². The Balaban J connectivity index is 1.54. The van der Waals surface area contributed by atoms with Gasteiger partial charge in [0.2, 0.25) is 5.91 Å². The van der Waals surface area contributed by atoms with Crippen LogP contribution in [0.4, 0.5) is 18.9 Å². The second kappa shape index (κ2) is 11.5. The number of anilines is 1. The molecule has 2 heterocycles. The lowest BCUT2D eigenvalue weighted by Gasteiger charge is -2.14. The van der Waals surface area contributed by atoms with Gasteiger partial charge >= 0.3 is 6.18 Å². The van der Waals surface area contributed by atoms with Crippen LogP contribution >= 0.6 is 46.3 Å². The van der Waals surface area contributed by atoms with Crippen molar-refractivity contribution in [2.45, 2.75) is 17.9 Å². The summed E-state index contributed by atoms with van der Waals surface area (Å²) in [6.45, 7) is 0.00962. The fraction of sp³-hybridized carbons (Fsp3) is 0.130. The van der Waals surface area contributed by atoms with Gasteiger partial charge in [0.15, 0.2) is 11.0 Å². The first-order chi connectivity index (χ1) is 17.6. The largest absolute Gasteiger partial charge is 0.418 e. The summed E-state index contributed by atoms with van der Waals surface area (Å²) in [5.74, 6) is -0.880. The molecule has 4 aromatic rings. The summed E-state index contributed by atoms with van der Waals surface area (Å²) in [7, 11) is 0. The molecule has 2 amide bonds. The number of thiophene rings is 1. The van der Waals surface area contributed by atoms with Gasteiger partial charge in [0.1, 0.15) is 0 Å². The van der Waals surface area contributed by atoms with Crippen LogP contribution in [0.5, 0.6) is 0 Å². The van der Waals surface area contributed by atoms with Crippen molar-refractivity contribution in [3.8, 4) is 5.69 Å². The first kappa shape index (κ1) is 27.0. The molecular weight excluding hydrogens is 570 g/mol. The summed E-state index contributed by atoms with van der Waals surface area (Å²) in [6, 6.07) is 12.9. The highest BCUT2D eigenvalue weighted by Crippen LogP contribution is 2.35. The molecule has 0 radical (unpaired) electrons. The smallest absolute Gasteiger partial charge is 0.344 e. The third-order valence-electron chi connectivity index (χ3n) is 4.85. The number of benzene rings is 2. The summed E-state index contributed by atoms with van der Waals surface area (Å²) < 4.78 is 41.3. The number of nitrogens with one attached hydrogen (secondary N) is 2. The number of carbonyl (C=O) groups excluding carboxylic acids is 2. The second-order valence-electron chi connectivity index (χ2n) is 7.37. The summed E-state index contributed by atoms with van der Waals surface area (Å²) >= 11 is 14.5. The Hall–Kier alpha value is -3.06. The molecule has 0 unspecified atom stereocenters. The van der Waals surface area contributed by atoms with Gasteiger partial charge in [-0.05, 0) is 41.8 Å². The maximum Gasteiger partial charge on any atom is 0.418 e. The standard InChI is InChI=1S/C23H16Cl2F3N5O2S2/c24-15-8-7-13(10-16(15)25)33-19(11-29-21(35)18-6-3-9-36-18)31-32-22(33)37-12-20(34)30-17-5-2-1-4-14(17)23(26,27)28/h1-10H,11-12H2,(H,29,35)(H,30,34). The molecule has 0 aliphatic heterocycles. The molecule has 0 aliphatic rings. The fourth-order valence-electron chi connectivity index (χ4n) is 3.20. The molecule has 0 fully saturated rings. The average molecular weight is 586 g/mol. The summed E-state index contributed by atoms with van der Waals surface area (Å²) in [5.41, 5.74) is -0.773. The van der Waals surface area contributed by atoms with Gasteiger partial charge in [-0.15, -0.1) is 21.5 Å². The molecule has 0 aliphatic carbocycles. The van der Waals surface area contributed by atoms with Gasteiger partial charge in [-0.1, -0.05) is 53.2 Å². The molecule has 2 aromatic heterocycles. The Labute approximate surface area is 227 Å². The van der Waals surface area contributed by atoms with E-state index in [2.05, 4.69) is 20.8 Å². The van der Waals surface area contributed by atoms with E-state index in [9.17, 15) is 22.8 Å². The van der Waals surface area contributed by atoms with E-state index in [4.69, 9.17) is 23.2 Å². The average Bonchev–Trinajstić information content (AvgIpc) is 3.53. The number of alkyl halides is 3. The van der Waals surface area contributed by atoms with E-state index < -0.39 is 17.6 Å². The van der Waals surface area contributed by atoms with Crippen LogP contribution in [0.25, 0.3) is 5.69 Å². The second-order valence-corrected chi connectivity index (χ2v) is 10.1. The minimum atomic E-state index is -4.62. The lowest BCUT2D eigenvalue weighted by atomic mass is 10.1. The molecular formula is C23H16Cl2F3N5O2S2. The zero-order valence-corrected chi connectivity index (χ0v) is 21.7. The predicted octanol–water partition coefficient (Wildman–Crippen LogP) is 6.32. The molecule has 2 aromatic carbocycles. The number of aromatic nitrogens is 3. The Morgan fingerprint density at radius 1 is 1.03 bits per heavy atom. The van der Waals surface area contributed by atoms with Crippen LogP contribution in [0.15, 0.2) is 65.1 Å². The number of nitrogens with zero attached hydrogens (tertiary/aromatic N) is 3. The third kappa shape index (κ3) is 6.63. The minimum Gasteiger partial charge on any atom is -0.344 e. The zero-order chi connectivity index (χ0) is 26.6. The van der Waals surface area contributed by atoms with Crippen molar-refractivity contribution in [2.75, 3.05) is 11.1 Å². The molecule has 14 heteroatoms. The first-order valence-corrected chi connectivity index (χ1v) is 13.1. The van der Waals surface area contributed by atoms with Crippen LogP contribution in [0.1, 0.15) is 21.1 Å². The molecule has 0 atom stereocenters. The molecule has 0 spiro atoms. The van der Waals surface area contributed by atoms with E-state index in [1.54, 1.807) is 40.3 Å². The summed E-state index contributed by atoms with van der Waals surface area (Å²) in [4.78, 5) is 25.4. The molecule has 0 saturated carbocycles.